The van der Waals surface area contributed by atoms with Crippen molar-refractivity contribution in [3.8, 4) is 0 Å². The molecule has 2 rings (SSSR count). The average molecular weight is 289 g/mol. The lowest BCUT2D eigenvalue weighted by atomic mass is 9.94. The molecule has 2 aliphatic rings. The molecule has 0 unspecified atom stereocenters. The van der Waals surface area contributed by atoms with Gasteiger partial charge in [0, 0.05) is 31.7 Å². The molecule has 2 N–H and O–H groups in total. The van der Waals surface area contributed by atoms with Crippen LogP contribution in [0.4, 0.5) is 0 Å². The van der Waals surface area contributed by atoms with Gasteiger partial charge < -0.3 is 5.73 Å². The first-order chi connectivity index (χ1) is 8.80. The highest BCUT2D eigenvalue weighted by Gasteiger charge is 2.38. The Labute approximate surface area is 117 Å². The SMILES string of the molecule is C[C@@H]1C[C@H](C)CN(S(=O)(=O)N2CC[C@H](N)C[C@H]2C)C1. The molecule has 0 aliphatic carbocycles. The normalized spacial score (nSPS) is 39.4. The molecule has 0 radical (unpaired) electrons. The molecule has 0 saturated carbocycles. The van der Waals surface area contributed by atoms with Gasteiger partial charge in [-0.1, -0.05) is 13.8 Å². The van der Waals surface area contributed by atoms with Crippen LogP contribution in [0.25, 0.3) is 0 Å². The van der Waals surface area contributed by atoms with Gasteiger partial charge in [0.2, 0.25) is 0 Å². The second-order valence-electron chi connectivity index (χ2n) is 6.52. The summed E-state index contributed by atoms with van der Waals surface area (Å²) in [6.07, 6.45) is 2.65. The largest absolute Gasteiger partial charge is 0.328 e. The van der Waals surface area contributed by atoms with E-state index in [2.05, 4.69) is 13.8 Å². The Morgan fingerprint density at radius 2 is 1.63 bits per heavy atom. The highest BCUT2D eigenvalue weighted by atomic mass is 32.2. The minimum atomic E-state index is -3.31. The van der Waals surface area contributed by atoms with E-state index < -0.39 is 10.2 Å². The van der Waals surface area contributed by atoms with Gasteiger partial charge in [0.05, 0.1) is 0 Å². The Bertz CT molecular complexity index is 402. The van der Waals surface area contributed by atoms with E-state index in [0.29, 0.717) is 31.5 Å². The molecule has 6 heteroatoms. The Hall–Kier alpha value is -0.170. The van der Waals surface area contributed by atoms with Crippen molar-refractivity contribution < 1.29 is 8.42 Å². The molecule has 5 nitrogen and oxygen atoms in total. The van der Waals surface area contributed by atoms with Crippen molar-refractivity contribution >= 4 is 10.2 Å². The molecule has 0 aromatic carbocycles. The van der Waals surface area contributed by atoms with Crippen molar-refractivity contribution in [3.63, 3.8) is 0 Å². The quantitative estimate of drug-likeness (QED) is 0.825. The van der Waals surface area contributed by atoms with Crippen molar-refractivity contribution in [2.75, 3.05) is 19.6 Å². The molecule has 112 valence electrons. The zero-order valence-corrected chi connectivity index (χ0v) is 13.1. The van der Waals surface area contributed by atoms with E-state index in [0.717, 1.165) is 19.3 Å². The molecular weight excluding hydrogens is 262 g/mol. The number of nitrogens with two attached hydrogens (primary N) is 1. The Balaban J connectivity index is 2.13. The molecule has 2 fully saturated rings. The van der Waals surface area contributed by atoms with Gasteiger partial charge in [0.1, 0.15) is 0 Å². The third kappa shape index (κ3) is 3.29. The van der Waals surface area contributed by atoms with Crippen molar-refractivity contribution in [1.82, 2.24) is 8.61 Å². The van der Waals surface area contributed by atoms with Gasteiger partial charge in [-0.3, -0.25) is 0 Å². The molecule has 0 bridgehead atoms. The smallest absolute Gasteiger partial charge is 0.282 e. The summed E-state index contributed by atoms with van der Waals surface area (Å²) >= 11 is 0. The molecule has 2 heterocycles. The Morgan fingerprint density at radius 3 is 2.16 bits per heavy atom. The molecule has 2 saturated heterocycles. The Morgan fingerprint density at radius 1 is 1.05 bits per heavy atom. The molecule has 0 spiro atoms. The van der Waals surface area contributed by atoms with Crippen LogP contribution in [-0.4, -0.2) is 48.7 Å². The minimum absolute atomic E-state index is 0.0151. The summed E-state index contributed by atoms with van der Waals surface area (Å²) in [4.78, 5) is 0. The van der Waals surface area contributed by atoms with Crippen molar-refractivity contribution in [2.24, 2.45) is 17.6 Å². The van der Waals surface area contributed by atoms with Crippen LogP contribution in [0.1, 0.15) is 40.0 Å². The van der Waals surface area contributed by atoms with Crippen LogP contribution < -0.4 is 5.73 Å². The lowest BCUT2D eigenvalue weighted by Gasteiger charge is -2.41. The number of hydrogen-bond donors (Lipinski definition) is 1. The summed E-state index contributed by atoms with van der Waals surface area (Å²) < 4.78 is 28.9. The van der Waals surface area contributed by atoms with Crippen LogP contribution in [0.3, 0.4) is 0 Å². The molecule has 0 aromatic rings. The third-order valence-corrected chi connectivity index (χ3v) is 6.40. The van der Waals surface area contributed by atoms with E-state index in [-0.39, 0.29) is 12.1 Å². The van der Waals surface area contributed by atoms with Gasteiger partial charge >= 0.3 is 0 Å². The topological polar surface area (TPSA) is 66.6 Å². The van der Waals surface area contributed by atoms with Crippen LogP contribution >= 0.6 is 0 Å². The van der Waals surface area contributed by atoms with Gasteiger partial charge in [-0.25, -0.2) is 0 Å². The molecule has 2 aliphatic heterocycles. The van der Waals surface area contributed by atoms with Crippen LogP contribution in [0.2, 0.25) is 0 Å². The van der Waals surface area contributed by atoms with Gasteiger partial charge in [0.15, 0.2) is 0 Å². The fourth-order valence-corrected chi connectivity index (χ4v) is 5.53. The number of piperidine rings is 2. The van der Waals surface area contributed by atoms with Gasteiger partial charge in [-0.15, -0.1) is 0 Å². The fraction of sp³-hybridized carbons (Fsp3) is 1.00. The summed E-state index contributed by atoms with van der Waals surface area (Å²) in [7, 11) is -3.31. The van der Waals surface area contributed by atoms with E-state index in [1.807, 2.05) is 6.92 Å². The highest BCUT2D eigenvalue weighted by Crippen LogP contribution is 2.27. The van der Waals surface area contributed by atoms with Gasteiger partial charge in [-0.05, 0) is 38.0 Å². The summed E-state index contributed by atoms with van der Waals surface area (Å²) in [6.45, 7) is 8.10. The van der Waals surface area contributed by atoms with Crippen molar-refractivity contribution in [2.45, 2.75) is 52.1 Å². The van der Waals surface area contributed by atoms with Crippen LogP contribution in [0, 0.1) is 11.8 Å². The van der Waals surface area contributed by atoms with Crippen LogP contribution in [-0.2, 0) is 10.2 Å². The summed E-state index contributed by atoms with van der Waals surface area (Å²) in [5.41, 5.74) is 5.92. The first kappa shape index (κ1) is 15.2. The first-order valence-electron chi connectivity index (χ1n) is 7.33. The molecule has 0 amide bonds. The van der Waals surface area contributed by atoms with E-state index >= 15 is 0 Å². The lowest BCUT2D eigenvalue weighted by molar-refractivity contribution is 0.185. The first-order valence-corrected chi connectivity index (χ1v) is 8.73. The Kier molecular flexibility index (Phi) is 4.55. The van der Waals surface area contributed by atoms with E-state index in [1.54, 1.807) is 8.61 Å². The predicted molar refractivity (Wildman–Crippen MR) is 76.8 cm³/mol. The van der Waals surface area contributed by atoms with Crippen LogP contribution in [0.15, 0.2) is 0 Å². The minimum Gasteiger partial charge on any atom is -0.328 e. The predicted octanol–water partition coefficient (Wildman–Crippen LogP) is 1.02. The van der Waals surface area contributed by atoms with Crippen molar-refractivity contribution in [3.05, 3.63) is 0 Å². The molecule has 4 atom stereocenters. The van der Waals surface area contributed by atoms with Gasteiger partial charge in [-0.2, -0.15) is 17.0 Å². The van der Waals surface area contributed by atoms with Crippen LogP contribution in [0.5, 0.6) is 0 Å². The molecular formula is C13H27N3O2S. The summed E-state index contributed by atoms with van der Waals surface area (Å²) in [5.74, 6) is 0.891. The zero-order valence-electron chi connectivity index (χ0n) is 12.2. The highest BCUT2D eigenvalue weighted by molar-refractivity contribution is 7.86. The van der Waals surface area contributed by atoms with E-state index in [1.165, 1.54) is 0 Å². The molecule has 0 aromatic heterocycles. The lowest BCUT2D eigenvalue weighted by Crippen LogP contribution is -2.55. The second kappa shape index (κ2) is 5.68. The third-order valence-electron chi connectivity index (χ3n) is 4.31. The number of hydrogen-bond acceptors (Lipinski definition) is 3. The maximum atomic E-state index is 12.8. The standard InChI is InChI=1S/C13H27N3O2S/c1-10-6-11(2)9-15(8-10)19(17,18)16-5-4-13(14)7-12(16)3/h10-13H,4-9,14H2,1-3H3/t10-,11+,12-,13+/m1/s1. The fourth-order valence-electron chi connectivity index (χ4n) is 3.47. The maximum Gasteiger partial charge on any atom is 0.282 e. The summed E-state index contributed by atoms with van der Waals surface area (Å²) in [5, 5.41) is 0. The zero-order chi connectivity index (χ0) is 14.2. The monoisotopic (exact) mass is 289 g/mol. The van der Waals surface area contributed by atoms with E-state index in [4.69, 9.17) is 5.73 Å². The van der Waals surface area contributed by atoms with Gasteiger partial charge in [0.25, 0.3) is 10.2 Å². The maximum absolute atomic E-state index is 12.8. The summed E-state index contributed by atoms with van der Waals surface area (Å²) in [6, 6.07) is 0.155. The number of nitrogens with zero attached hydrogens (tertiary/aromatic N) is 2. The number of rotatable bonds is 2. The molecule has 19 heavy (non-hydrogen) atoms. The average Bonchev–Trinajstić information content (AvgIpc) is 2.26. The van der Waals surface area contributed by atoms with Crippen molar-refractivity contribution in [1.29, 1.82) is 0 Å². The second-order valence-corrected chi connectivity index (χ2v) is 8.40. The van der Waals surface area contributed by atoms with E-state index in [9.17, 15) is 8.42 Å².